The summed E-state index contributed by atoms with van der Waals surface area (Å²) in [6, 6.07) is 15.4. The Hall–Kier alpha value is -2.24. The van der Waals surface area contributed by atoms with Gasteiger partial charge in [0.1, 0.15) is 5.75 Å². The van der Waals surface area contributed by atoms with Crippen LogP contribution in [0.4, 0.5) is 5.69 Å². The number of likely N-dealkylation sites (N-methyl/N-ethyl adjacent to an activating group) is 1. The summed E-state index contributed by atoms with van der Waals surface area (Å²) in [7, 11) is 1.78. The molecule has 1 amide bonds. The van der Waals surface area contributed by atoms with Crippen molar-refractivity contribution in [1.29, 1.82) is 0 Å². The van der Waals surface area contributed by atoms with E-state index >= 15 is 0 Å². The van der Waals surface area contributed by atoms with Crippen LogP contribution in [-0.4, -0.2) is 50.8 Å². The molecular formula is C20H23ClN2O3. The van der Waals surface area contributed by atoms with Crippen LogP contribution in [0, 0.1) is 0 Å². The van der Waals surface area contributed by atoms with E-state index in [1.165, 1.54) is 5.69 Å². The van der Waals surface area contributed by atoms with E-state index in [1.807, 2.05) is 0 Å². The SMILES string of the molecule is CN(Cc1ccc(N2CCOCC2)cc1)C(=O)COc1cccc(Cl)c1. The maximum atomic E-state index is 12.3. The fraction of sp³-hybridized carbons (Fsp3) is 0.350. The molecule has 0 unspecified atom stereocenters. The molecule has 0 atom stereocenters. The van der Waals surface area contributed by atoms with Crippen LogP contribution in [0.25, 0.3) is 0 Å². The van der Waals surface area contributed by atoms with Crippen molar-refractivity contribution in [2.75, 3.05) is 44.9 Å². The van der Waals surface area contributed by atoms with Gasteiger partial charge in [-0.25, -0.2) is 0 Å². The third-order valence-corrected chi connectivity index (χ3v) is 4.55. The number of hydrogen-bond acceptors (Lipinski definition) is 4. The van der Waals surface area contributed by atoms with Crippen molar-refractivity contribution >= 4 is 23.2 Å². The van der Waals surface area contributed by atoms with Gasteiger partial charge >= 0.3 is 0 Å². The first kappa shape index (κ1) is 18.5. The van der Waals surface area contributed by atoms with Crippen molar-refractivity contribution in [3.63, 3.8) is 0 Å². The van der Waals surface area contributed by atoms with E-state index < -0.39 is 0 Å². The lowest BCUT2D eigenvalue weighted by atomic mass is 10.1. The first-order valence-corrected chi connectivity index (χ1v) is 9.03. The van der Waals surface area contributed by atoms with Gasteiger partial charge in [0, 0.05) is 37.4 Å². The van der Waals surface area contributed by atoms with Gasteiger partial charge in [0.15, 0.2) is 6.61 Å². The summed E-state index contributed by atoms with van der Waals surface area (Å²) in [5, 5.41) is 0.587. The van der Waals surface area contributed by atoms with Gasteiger partial charge in [-0.1, -0.05) is 29.8 Å². The molecule has 1 aliphatic heterocycles. The van der Waals surface area contributed by atoms with E-state index in [0.29, 0.717) is 17.3 Å². The zero-order chi connectivity index (χ0) is 18.4. The monoisotopic (exact) mass is 374 g/mol. The number of rotatable bonds is 6. The summed E-state index contributed by atoms with van der Waals surface area (Å²) in [6.45, 7) is 3.90. The first-order valence-electron chi connectivity index (χ1n) is 8.66. The number of ether oxygens (including phenoxy) is 2. The van der Waals surface area contributed by atoms with Gasteiger partial charge < -0.3 is 19.3 Å². The van der Waals surface area contributed by atoms with Crippen LogP contribution in [0.1, 0.15) is 5.56 Å². The third kappa shape index (κ3) is 5.13. The number of hydrogen-bond donors (Lipinski definition) is 0. The predicted octanol–water partition coefficient (Wildman–Crippen LogP) is 3.21. The molecule has 0 saturated carbocycles. The minimum atomic E-state index is -0.0813. The number of halogens is 1. The maximum Gasteiger partial charge on any atom is 0.260 e. The normalized spacial score (nSPS) is 14.2. The Bertz CT molecular complexity index is 730. The molecule has 0 aliphatic carbocycles. The summed E-state index contributed by atoms with van der Waals surface area (Å²) in [6.07, 6.45) is 0. The lowest BCUT2D eigenvalue weighted by Crippen LogP contribution is -2.36. The van der Waals surface area contributed by atoms with E-state index in [2.05, 4.69) is 29.2 Å². The number of carbonyl (C=O) groups excluding carboxylic acids is 1. The molecule has 2 aromatic carbocycles. The highest BCUT2D eigenvalue weighted by Crippen LogP contribution is 2.18. The summed E-state index contributed by atoms with van der Waals surface area (Å²) in [5.74, 6) is 0.511. The second kappa shape index (κ2) is 8.92. The van der Waals surface area contributed by atoms with Gasteiger partial charge in [0.05, 0.1) is 13.2 Å². The molecule has 0 N–H and O–H groups in total. The van der Waals surface area contributed by atoms with Crippen LogP contribution in [0.2, 0.25) is 5.02 Å². The molecule has 2 aromatic rings. The van der Waals surface area contributed by atoms with E-state index in [4.69, 9.17) is 21.1 Å². The molecule has 1 aliphatic rings. The lowest BCUT2D eigenvalue weighted by Gasteiger charge is -2.29. The Balaban J connectivity index is 1.50. The molecule has 6 heteroatoms. The molecule has 138 valence electrons. The highest BCUT2D eigenvalue weighted by Gasteiger charge is 2.13. The Labute approximate surface area is 159 Å². The van der Waals surface area contributed by atoms with Crippen molar-refractivity contribution in [3.05, 3.63) is 59.1 Å². The van der Waals surface area contributed by atoms with Crippen molar-refractivity contribution in [3.8, 4) is 5.75 Å². The molecule has 0 bridgehead atoms. The van der Waals surface area contributed by atoms with Crippen LogP contribution in [0.5, 0.6) is 5.75 Å². The number of amides is 1. The highest BCUT2D eigenvalue weighted by molar-refractivity contribution is 6.30. The van der Waals surface area contributed by atoms with Gasteiger partial charge in [0.2, 0.25) is 0 Å². The Kier molecular flexibility index (Phi) is 6.36. The van der Waals surface area contributed by atoms with Crippen LogP contribution in [-0.2, 0) is 16.1 Å². The largest absolute Gasteiger partial charge is 0.484 e. The van der Waals surface area contributed by atoms with Gasteiger partial charge in [-0.3, -0.25) is 4.79 Å². The Morgan fingerprint density at radius 1 is 1.19 bits per heavy atom. The molecule has 0 aromatic heterocycles. The van der Waals surface area contributed by atoms with E-state index in [9.17, 15) is 4.79 Å². The summed E-state index contributed by atoms with van der Waals surface area (Å²) in [4.78, 5) is 16.2. The molecule has 0 spiro atoms. The Morgan fingerprint density at radius 3 is 2.62 bits per heavy atom. The summed E-state index contributed by atoms with van der Waals surface area (Å²) < 4.78 is 10.9. The quantitative estimate of drug-likeness (QED) is 0.778. The fourth-order valence-electron chi connectivity index (χ4n) is 2.81. The summed E-state index contributed by atoms with van der Waals surface area (Å²) in [5.41, 5.74) is 2.27. The van der Waals surface area contributed by atoms with Gasteiger partial charge in [-0.2, -0.15) is 0 Å². The molecule has 1 saturated heterocycles. The number of nitrogens with zero attached hydrogens (tertiary/aromatic N) is 2. The average Bonchev–Trinajstić information content (AvgIpc) is 2.67. The predicted molar refractivity (Wildman–Crippen MR) is 103 cm³/mol. The minimum absolute atomic E-state index is 0.0112. The first-order chi connectivity index (χ1) is 12.6. The third-order valence-electron chi connectivity index (χ3n) is 4.32. The zero-order valence-corrected chi connectivity index (χ0v) is 15.6. The van der Waals surface area contributed by atoms with Gasteiger partial charge in [0.25, 0.3) is 5.91 Å². The van der Waals surface area contributed by atoms with Gasteiger partial charge in [-0.05, 0) is 35.9 Å². The molecule has 3 rings (SSSR count). The maximum absolute atomic E-state index is 12.3. The van der Waals surface area contributed by atoms with E-state index in [1.54, 1.807) is 36.2 Å². The number of anilines is 1. The zero-order valence-electron chi connectivity index (χ0n) is 14.9. The molecule has 5 nitrogen and oxygen atoms in total. The standard InChI is InChI=1S/C20H23ClN2O3/c1-22(20(24)15-26-19-4-2-3-17(21)13-19)14-16-5-7-18(8-6-16)23-9-11-25-12-10-23/h2-8,13H,9-12,14-15H2,1H3. The molecule has 26 heavy (non-hydrogen) atoms. The van der Waals surface area contributed by atoms with Gasteiger partial charge in [-0.15, -0.1) is 0 Å². The Morgan fingerprint density at radius 2 is 1.92 bits per heavy atom. The minimum Gasteiger partial charge on any atom is -0.484 e. The number of carbonyl (C=O) groups is 1. The number of benzene rings is 2. The molecule has 0 radical (unpaired) electrons. The van der Waals surface area contributed by atoms with E-state index in [0.717, 1.165) is 31.9 Å². The smallest absolute Gasteiger partial charge is 0.260 e. The van der Waals surface area contributed by atoms with Crippen molar-refractivity contribution < 1.29 is 14.3 Å². The van der Waals surface area contributed by atoms with Crippen LogP contribution >= 0.6 is 11.6 Å². The van der Waals surface area contributed by atoms with Crippen LogP contribution < -0.4 is 9.64 Å². The molecule has 1 fully saturated rings. The van der Waals surface area contributed by atoms with Crippen molar-refractivity contribution in [2.24, 2.45) is 0 Å². The number of morpholine rings is 1. The van der Waals surface area contributed by atoms with Crippen LogP contribution in [0.15, 0.2) is 48.5 Å². The topological polar surface area (TPSA) is 42.0 Å². The molecule has 1 heterocycles. The van der Waals surface area contributed by atoms with Crippen molar-refractivity contribution in [2.45, 2.75) is 6.54 Å². The van der Waals surface area contributed by atoms with Crippen LogP contribution in [0.3, 0.4) is 0 Å². The highest BCUT2D eigenvalue weighted by atomic mass is 35.5. The molecular weight excluding hydrogens is 352 g/mol. The fourth-order valence-corrected chi connectivity index (χ4v) is 2.99. The second-order valence-electron chi connectivity index (χ2n) is 6.26. The summed E-state index contributed by atoms with van der Waals surface area (Å²) >= 11 is 5.91. The van der Waals surface area contributed by atoms with E-state index in [-0.39, 0.29) is 12.5 Å². The van der Waals surface area contributed by atoms with Crippen molar-refractivity contribution in [1.82, 2.24) is 4.90 Å². The lowest BCUT2D eigenvalue weighted by molar-refractivity contribution is -0.132. The second-order valence-corrected chi connectivity index (χ2v) is 6.70. The average molecular weight is 375 g/mol.